The molecule has 13 heteroatoms. The molecule has 2 aromatic carbocycles. The van der Waals surface area contributed by atoms with Gasteiger partial charge in [0.1, 0.15) is 58.9 Å². The van der Waals surface area contributed by atoms with Crippen molar-refractivity contribution in [2.75, 3.05) is 5.73 Å². The normalized spacial score (nSPS) is 16.2. The molecule has 232 valence electrons. The molecule has 0 spiro atoms. The number of carbonyl (C=O) groups is 1. The first-order chi connectivity index (χ1) is 21.5. The second-order valence-electron chi connectivity index (χ2n) is 11.9. The summed E-state index contributed by atoms with van der Waals surface area (Å²) in [5.74, 6) is 1.56. The van der Waals surface area contributed by atoms with Crippen LogP contribution in [0.5, 0.6) is 17.2 Å². The van der Waals surface area contributed by atoms with Gasteiger partial charge in [0.2, 0.25) is 0 Å². The molecule has 3 aromatic heterocycles. The number of halogens is 1. The van der Waals surface area contributed by atoms with E-state index in [4.69, 9.17) is 25.0 Å². The average molecular weight is 613 g/mol. The number of anilines is 1. The molecule has 0 aliphatic heterocycles. The Balaban J connectivity index is 1.16. The molecule has 1 fully saturated rings. The summed E-state index contributed by atoms with van der Waals surface area (Å²) >= 11 is 0. The Labute approximate surface area is 258 Å². The van der Waals surface area contributed by atoms with Crippen LogP contribution in [0.25, 0.3) is 22.3 Å². The zero-order chi connectivity index (χ0) is 31.7. The van der Waals surface area contributed by atoms with Crippen molar-refractivity contribution in [3.05, 3.63) is 78.4 Å². The quantitative estimate of drug-likeness (QED) is 0.216. The molecule has 12 nitrogen and oxygen atoms in total. The molecule has 1 aliphatic carbocycles. The number of amides is 1. The Bertz CT molecular complexity index is 1830. The highest BCUT2D eigenvalue weighted by atomic mass is 19.1. The van der Waals surface area contributed by atoms with Crippen molar-refractivity contribution in [2.24, 2.45) is 0 Å². The molecule has 0 unspecified atom stereocenters. The van der Waals surface area contributed by atoms with Crippen molar-refractivity contribution in [1.82, 2.24) is 35.0 Å². The van der Waals surface area contributed by atoms with E-state index in [0.29, 0.717) is 52.7 Å². The lowest BCUT2D eigenvalue weighted by atomic mass is 9.87. The molecular weight excluding hydrogens is 579 g/mol. The van der Waals surface area contributed by atoms with Gasteiger partial charge in [-0.3, -0.25) is 0 Å². The maximum atomic E-state index is 14.4. The van der Waals surface area contributed by atoms with E-state index in [-0.39, 0.29) is 24.4 Å². The number of nitrogens with one attached hydrogen (secondary N) is 1. The Kier molecular flexibility index (Phi) is 7.92. The number of nitrogens with two attached hydrogens (primary N) is 1. The molecule has 1 saturated carbocycles. The van der Waals surface area contributed by atoms with Gasteiger partial charge in [-0.1, -0.05) is 0 Å². The van der Waals surface area contributed by atoms with E-state index < -0.39 is 17.5 Å². The third-order valence-corrected chi connectivity index (χ3v) is 7.15. The van der Waals surface area contributed by atoms with Gasteiger partial charge < -0.3 is 25.3 Å². The van der Waals surface area contributed by atoms with Gasteiger partial charge in [0.15, 0.2) is 5.65 Å². The fourth-order valence-electron chi connectivity index (χ4n) is 4.99. The van der Waals surface area contributed by atoms with E-state index >= 15 is 0 Å². The third kappa shape index (κ3) is 6.92. The van der Waals surface area contributed by atoms with Crippen LogP contribution in [0.4, 0.5) is 15.0 Å². The third-order valence-electron chi connectivity index (χ3n) is 7.15. The van der Waals surface area contributed by atoms with Crippen LogP contribution >= 0.6 is 0 Å². The number of aryl methyl sites for hydroxylation is 1. The van der Waals surface area contributed by atoms with Gasteiger partial charge in [0, 0.05) is 47.8 Å². The van der Waals surface area contributed by atoms with Gasteiger partial charge in [-0.05, 0) is 64.8 Å². The predicted molar refractivity (Wildman–Crippen MR) is 164 cm³/mol. The predicted octanol–water partition coefficient (Wildman–Crippen LogP) is 5.91. The van der Waals surface area contributed by atoms with Gasteiger partial charge in [0.05, 0.1) is 11.4 Å². The van der Waals surface area contributed by atoms with Crippen molar-refractivity contribution in [3.63, 3.8) is 0 Å². The van der Waals surface area contributed by atoms with Gasteiger partial charge in [-0.25, -0.2) is 33.8 Å². The Hall–Kier alpha value is -5.33. The standard InChI is InChI=1S/C32H33FN8O4/c1-18-35-14-19(15-36-18)16-43-25-9-21(33)10-26(13-25)44-24-7-5-20(6-8-24)28-27-29(34)37-17-38-30(27)41(40-28)23-11-22(12-23)39-31(42)45-32(2,3)4/h5-10,13-15,17,22-23H,11-12,16H2,1-4H3,(H,39,42)(H2,34,37,38)/t22-,23+. The van der Waals surface area contributed by atoms with Crippen molar-refractivity contribution in [2.45, 2.75) is 64.8 Å². The molecule has 5 aromatic rings. The minimum Gasteiger partial charge on any atom is -0.489 e. The summed E-state index contributed by atoms with van der Waals surface area (Å²) in [5, 5.41) is 8.43. The van der Waals surface area contributed by atoms with E-state index in [9.17, 15) is 9.18 Å². The molecule has 0 atom stereocenters. The minimum absolute atomic E-state index is 0.0148. The number of aromatic nitrogens is 6. The number of benzene rings is 2. The first kappa shape index (κ1) is 29.7. The number of nitrogens with zero attached hydrogens (tertiary/aromatic N) is 6. The van der Waals surface area contributed by atoms with Crippen LogP contribution in [-0.4, -0.2) is 47.5 Å². The number of carbonyl (C=O) groups excluding carboxylic acids is 1. The maximum absolute atomic E-state index is 14.4. The summed E-state index contributed by atoms with van der Waals surface area (Å²) in [7, 11) is 0. The van der Waals surface area contributed by atoms with Crippen LogP contribution in [0.15, 0.2) is 61.2 Å². The molecule has 6 rings (SSSR count). The molecule has 0 saturated heterocycles. The van der Waals surface area contributed by atoms with Crippen LogP contribution in [0.3, 0.4) is 0 Å². The highest BCUT2D eigenvalue weighted by Gasteiger charge is 2.35. The lowest BCUT2D eigenvalue weighted by Gasteiger charge is -2.36. The number of rotatable bonds is 8. The molecule has 1 amide bonds. The number of alkyl carbamates (subject to hydrolysis) is 1. The topological polar surface area (TPSA) is 152 Å². The van der Waals surface area contributed by atoms with E-state index in [0.717, 1.165) is 11.1 Å². The highest BCUT2D eigenvalue weighted by Crippen LogP contribution is 2.39. The zero-order valence-corrected chi connectivity index (χ0v) is 25.3. The summed E-state index contributed by atoms with van der Waals surface area (Å²) < 4.78 is 33.3. The number of hydrogen-bond donors (Lipinski definition) is 2. The highest BCUT2D eigenvalue weighted by molar-refractivity contribution is 5.98. The van der Waals surface area contributed by atoms with E-state index in [2.05, 4.69) is 25.3 Å². The maximum Gasteiger partial charge on any atom is 0.407 e. The van der Waals surface area contributed by atoms with Crippen molar-refractivity contribution in [1.29, 1.82) is 0 Å². The molecule has 1 aliphatic rings. The van der Waals surface area contributed by atoms with Crippen LogP contribution in [0, 0.1) is 12.7 Å². The molecule has 45 heavy (non-hydrogen) atoms. The van der Waals surface area contributed by atoms with Crippen LogP contribution < -0.4 is 20.5 Å². The van der Waals surface area contributed by atoms with E-state index in [1.54, 1.807) is 37.5 Å². The second-order valence-corrected chi connectivity index (χ2v) is 11.9. The monoisotopic (exact) mass is 612 g/mol. The smallest absolute Gasteiger partial charge is 0.407 e. The average Bonchev–Trinajstić information content (AvgIpc) is 3.34. The fourth-order valence-corrected chi connectivity index (χ4v) is 4.99. The summed E-state index contributed by atoms with van der Waals surface area (Å²) in [6.07, 6.45) is 5.65. The number of hydrogen-bond acceptors (Lipinski definition) is 10. The Morgan fingerprint density at radius 2 is 1.73 bits per heavy atom. The van der Waals surface area contributed by atoms with Crippen LogP contribution in [0.2, 0.25) is 0 Å². The molecule has 3 N–H and O–H groups in total. The lowest BCUT2D eigenvalue weighted by molar-refractivity contribution is 0.0454. The van der Waals surface area contributed by atoms with Crippen molar-refractivity contribution < 1.29 is 23.4 Å². The van der Waals surface area contributed by atoms with Crippen LogP contribution in [-0.2, 0) is 11.3 Å². The molecule has 3 heterocycles. The SMILES string of the molecule is Cc1ncc(COc2cc(F)cc(Oc3ccc(-c4nn([C@H]5C[C@@H](NC(=O)OC(C)(C)C)C5)c5ncnc(N)c45)cc3)c2)cn1. The zero-order valence-electron chi connectivity index (χ0n) is 25.3. The van der Waals surface area contributed by atoms with Gasteiger partial charge in [-0.2, -0.15) is 5.10 Å². The summed E-state index contributed by atoms with van der Waals surface area (Å²) in [6, 6.07) is 11.4. The van der Waals surface area contributed by atoms with Crippen LogP contribution in [0.1, 0.15) is 51.0 Å². The van der Waals surface area contributed by atoms with Crippen molar-refractivity contribution in [3.8, 4) is 28.5 Å². The van der Waals surface area contributed by atoms with E-state index in [1.807, 2.05) is 37.6 Å². The summed E-state index contributed by atoms with van der Waals surface area (Å²) in [4.78, 5) is 29.1. The largest absolute Gasteiger partial charge is 0.489 e. The molecular formula is C32H33FN8O4. The summed E-state index contributed by atoms with van der Waals surface area (Å²) in [5.41, 5.74) is 8.50. The number of ether oxygens (including phenoxy) is 3. The van der Waals surface area contributed by atoms with Crippen molar-refractivity contribution >= 4 is 22.9 Å². The first-order valence-electron chi connectivity index (χ1n) is 14.5. The van der Waals surface area contributed by atoms with Gasteiger partial charge in [0.25, 0.3) is 0 Å². The van der Waals surface area contributed by atoms with Gasteiger partial charge >= 0.3 is 6.09 Å². The van der Waals surface area contributed by atoms with Gasteiger partial charge in [-0.15, -0.1) is 0 Å². The van der Waals surface area contributed by atoms with E-state index in [1.165, 1.54) is 18.5 Å². The fraction of sp³-hybridized carbons (Fsp3) is 0.312. The summed E-state index contributed by atoms with van der Waals surface area (Å²) in [6.45, 7) is 7.47. The first-order valence-corrected chi connectivity index (χ1v) is 14.5. The Morgan fingerprint density at radius 3 is 2.44 bits per heavy atom. The number of fused-ring (bicyclic) bond motifs is 1. The molecule has 0 radical (unpaired) electrons. The second kappa shape index (κ2) is 12.0. The lowest BCUT2D eigenvalue weighted by Crippen LogP contribution is -2.46. The molecule has 0 bridgehead atoms. The number of nitrogen functional groups attached to an aromatic ring is 1. The Morgan fingerprint density at radius 1 is 1.02 bits per heavy atom. The minimum atomic E-state index is -0.567.